The van der Waals surface area contributed by atoms with Gasteiger partial charge in [-0.1, -0.05) is 0 Å². The van der Waals surface area contributed by atoms with Gasteiger partial charge in [0, 0.05) is 24.9 Å². The fourth-order valence-corrected chi connectivity index (χ4v) is 1.62. The number of aromatic nitrogens is 2. The molecule has 0 bridgehead atoms. The van der Waals surface area contributed by atoms with Crippen LogP contribution in [0.2, 0.25) is 0 Å². The molecule has 1 aliphatic carbocycles. The molecule has 0 aromatic carbocycles. The predicted octanol–water partition coefficient (Wildman–Crippen LogP) is 0.482. The van der Waals surface area contributed by atoms with Crippen molar-refractivity contribution in [1.82, 2.24) is 9.78 Å². The van der Waals surface area contributed by atoms with Crippen LogP contribution in [0.3, 0.4) is 0 Å². The molecule has 60 valence electrons. The van der Waals surface area contributed by atoms with Gasteiger partial charge in [0.1, 0.15) is 0 Å². The van der Waals surface area contributed by atoms with Gasteiger partial charge in [0.25, 0.3) is 0 Å². The Labute approximate surface area is 66.2 Å². The molecule has 0 amide bonds. The van der Waals surface area contributed by atoms with Crippen LogP contribution in [0, 0.1) is 5.92 Å². The average molecular weight is 151 g/mol. The molecule has 3 nitrogen and oxygen atoms in total. The van der Waals surface area contributed by atoms with Gasteiger partial charge in [0.2, 0.25) is 0 Å². The zero-order valence-electron chi connectivity index (χ0n) is 6.70. The third-order valence-corrected chi connectivity index (χ3v) is 2.46. The minimum absolute atomic E-state index is 0.687. The van der Waals surface area contributed by atoms with Gasteiger partial charge in [-0.25, -0.2) is 0 Å². The van der Waals surface area contributed by atoms with Crippen LogP contribution < -0.4 is 5.73 Å². The maximum absolute atomic E-state index is 5.55. The van der Waals surface area contributed by atoms with Gasteiger partial charge in [0.05, 0.1) is 0 Å². The third kappa shape index (κ3) is 1.05. The minimum Gasteiger partial charge on any atom is -0.330 e. The molecule has 2 N–H and O–H groups in total. The molecule has 3 heteroatoms. The number of nitrogens with zero attached hydrogens (tertiary/aromatic N) is 2. The first-order chi connectivity index (χ1) is 5.33. The Balaban J connectivity index is 2.14. The molecule has 1 fully saturated rings. The van der Waals surface area contributed by atoms with Crippen molar-refractivity contribution in [3.8, 4) is 0 Å². The Morgan fingerprint density at radius 1 is 1.82 bits per heavy atom. The van der Waals surface area contributed by atoms with E-state index in [1.807, 2.05) is 17.9 Å². The van der Waals surface area contributed by atoms with E-state index >= 15 is 0 Å². The Morgan fingerprint density at radius 2 is 2.64 bits per heavy atom. The summed E-state index contributed by atoms with van der Waals surface area (Å²) < 4.78 is 1.94. The van der Waals surface area contributed by atoms with Crippen molar-refractivity contribution in [1.29, 1.82) is 0 Å². The lowest BCUT2D eigenvalue weighted by Crippen LogP contribution is -2.04. The van der Waals surface area contributed by atoms with Crippen molar-refractivity contribution in [2.24, 2.45) is 18.7 Å². The maximum atomic E-state index is 5.55. The lowest BCUT2D eigenvalue weighted by molar-refractivity contribution is 0.690. The van der Waals surface area contributed by atoms with Crippen molar-refractivity contribution in [2.45, 2.75) is 12.3 Å². The molecule has 0 saturated heterocycles. The van der Waals surface area contributed by atoms with Crippen LogP contribution in [0.15, 0.2) is 12.3 Å². The summed E-state index contributed by atoms with van der Waals surface area (Å²) in [4.78, 5) is 0. The van der Waals surface area contributed by atoms with Gasteiger partial charge in [-0.3, -0.25) is 4.68 Å². The van der Waals surface area contributed by atoms with Crippen molar-refractivity contribution in [2.75, 3.05) is 6.54 Å². The number of aryl methyl sites for hydroxylation is 1. The molecule has 0 radical (unpaired) electrons. The monoisotopic (exact) mass is 151 g/mol. The highest BCUT2D eigenvalue weighted by Crippen LogP contribution is 2.46. The van der Waals surface area contributed by atoms with E-state index < -0.39 is 0 Å². The van der Waals surface area contributed by atoms with Crippen molar-refractivity contribution in [3.05, 3.63) is 18.0 Å². The van der Waals surface area contributed by atoms with Crippen molar-refractivity contribution >= 4 is 0 Å². The van der Waals surface area contributed by atoms with Gasteiger partial charge in [-0.2, -0.15) is 5.10 Å². The van der Waals surface area contributed by atoms with E-state index in [-0.39, 0.29) is 0 Å². The first-order valence-corrected chi connectivity index (χ1v) is 4.01. The lowest BCUT2D eigenvalue weighted by Gasteiger charge is -1.98. The first-order valence-electron chi connectivity index (χ1n) is 4.01. The first kappa shape index (κ1) is 6.85. The Bertz CT molecular complexity index is 254. The standard InChI is InChI=1S/C8H13N3/c1-11-8(2-3-10-11)7-4-6(7)5-9/h2-3,6-7H,4-5,9H2,1H3/t6-,7-/m0/s1. The number of nitrogens with two attached hydrogens (primary N) is 1. The fourth-order valence-electron chi connectivity index (χ4n) is 1.62. The topological polar surface area (TPSA) is 43.8 Å². The summed E-state index contributed by atoms with van der Waals surface area (Å²) in [5.74, 6) is 1.40. The highest BCUT2D eigenvalue weighted by Gasteiger charge is 2.38. The second kappa shape index (κ2) is 2.34. The molecule has 1 aliphatic rings. The second-order valence-corrected chi connectivity index (χ2v) is 3.22. The quantitative estimate of drug-likeness (QED) is 0.668. The van der Waals surface area contributed by atoms with Gasteiger partial charge in [-0.05, 0) is 24.9 Å². The summed E-state index contributed by atoms with van der Waals surface area (Å²) in [5, 5.41) is 4.12. The molecule has 1 heterocycles. The number of rotatable bonds is 2. The fraction of sp³-hybridized carbons (Fsp3) is 0.625. The molecule has 2 rings (SSSR count). The molecule has 11 heavy (non-hydrogen) atoms. The average Bonchev–Trinajstić information content (AvgIpc) is 2.68. The van der Waals surface area contributed by atoms with E-state index in [0.29, 0.717) is 11.8 Å². The van der Waals surface area contributed by atoms with Crippen LogP contribution in [0.1, 0.15) is 18.0 Å². The summed E-state index contributed by atoms with van der Waals surface area (Å²) in [5.41, 5.74) is 6.88. The van der Waals surface area contributed by atoms with Crippen LogP contribution in [-0.2, 0) is 7.05 Å². The molecule has 0 unspecified atom stereocenters. The summed E-state index contributed by atoms with van der Waals surface area (Å²) in [6.07, 6.45) is 3.09. The van der Waals surface area contributed by atoms with Gasteiger partial charge in [-0.15, -0.1) is 0 Å². The van der Waals surface area contributed by atoms with Gasteiger partial charge >= 0.3 is 0 Å². The zero-order valence-corrected chi connectivity index (χ0v) is 6.70. The Hall–Kier alpha value is -0.830. The summed E-state index contributed by atoms with van der Waals surface area (Å²) in [6.45, 7) is 0.815. The van der Waals surface area contributed by atoms with Crippen LogP contribution in [0.4, 0.5) is 0 Å². The smallest absolute Gasteiger partial charge is 0.0492 e. The molecule has 1 aromatic heterocycles. The zero-order chi connectivity index (χ0) is 7.84. The molecule has 0 spiro atoms. The minimum atomic E-state index is 0.687. The Kier molecular flexibility index (Phi) is 1.46. The van der Waals surface area contributed by atoms with Crippen LogP contribution in [-0.4, -0.2) is 16.3 Å². The van der Waals surface area contributed by atoms with E-state index in [0.717, 1.165) is 6.54 Å². The molecule has 1 saturated carbocycles. The van der Waals surface area contributed by atoms with Crippen molar-refractivity contribution < 1.29 is 0 Å². The van der Waals surface area contributed by atoms with Gasteiger partial charge in [0.15, 0.2) is 0 Å². The largest absolute Gasteiger partial charge is 0.330 e. The van der Waals surface area contributed by atoms with Crippen LogP contribution in [0.25, 0.3) is 0 Å². The SMILES string of the molecule is Cn1nccc1[C@H]1C[C@H]1CN. The summed E-state index contributed by atoms with van der Waals surface area (Å²) >= 11 is 0. The molecule has 2 atom stereocenters. The highest BCUT2D eigenvalue weighted by molar-refractivity contribution is 5.17. The molecule has 1 aromatic rings. The summed E-state index contributed by atoms with van der Waals surface area (Å²) in [6, 6.07) is 2.08. The van der Waals surface area contributed by atoms with Crippen molar-refractivity contribution in [3.63, 3.8) is 0 Å². The number of hydrogen-bond acceptors (Lipinski definition) is 2. The Morgan fingerprint density at radius 3 is 3.09 bits per heavy atom. The van der Waals surface area contributed by atoms with E-state index in [9.17, 15) is 0 Å². The van der Waals surface area contributed by atoms with Crippen LogP contribution >= 0.6 is 0 Å². The van der Waals surface area contributed by atoms with E-state index in [2.05, 4.69) is 11.2 Å². The third-order valence-electron chi connectivity index (χ3n) is 2.46. The molecular formula is C8H13N3. The van der Waals surface area contributed by atoms with Crippen LogP contribution in [0.5, 0.6) is 0 Å². The number of hydrogen-bond donors (Lipinski definition) is 1. The van der Waals surface area contributed by atoms with E-state index in [1.54, 1.807) is 0 Å². The molecule has 0 aliphatic heterocycles. The summed E-state index contributed by atoms with van der Waals surface area (Å²) in [7, 11) is 1.99. The normalized spacial score (nSPS) is 28.9. The second-order valence-electron chi connectivity index (χ2n) is 3.22. The van der Waals surface area contributed by atoms with E-state index in [1.165, 1.54) is 12.1 Å². The lowest BCUT2D eigenvalue weighted by atomic mass is 10.2. The maximum Gasteiger partial charge on any atom is 0.0492 e. The highest BCUT2D eigenvalue weighted by atomic mass is 15.3. The predicted molar refractivity (Wildman–Crippen MR) is 43.1 cm³/mol. The van der Waals surface area contributed by atoms with Gasteiger partial charge < -0.3 is 5.73 Å². The molecular weight excluding hydrogens is 138 g/mol. The van der Waals surface area contributed by atoms with E-state index in [4.69, 9.17) is 5.73 Å².